The van der Waals surface area contributed by atoms with Gasteiger partial charge in [-0.15, -0.1) is 0 Å². The molecule has 0 aromatic carbocycles. The van der Waals surface area contributed by atoms with Crippen molar-refractivity contribution in [1.29, 1.82) is 0 Å². The molecular formula is C6H10F2O. The fourth-order valence-electron chi connectivity index (χ4n) is 0.357. The highest BCUT2D eigenvalue weighted by Gasteiger charge is 2.33. The van der Waals surface area contributed by atoms with Gasteiger partial charge in [0.1, 0.15) is 5.78 Å². The van der Waals surface area contributed by atoms with Crippen molar-refractivity contribution in [1.82, 2.24) is 0 Å². The summed E-state index contributed by atoms with van der Waals surface area (Å²) in [6, 6.07) is 0. The van der Waals surface area contributed by atoms with Gasteiger partial charge in [0.05, 0.1) is 5.92 Å². The quantitative estimate of drug-likeness (QED) is 0.566. The molecule has 0 aromatic rings. The number of rotatable bonds is 2. The van der Waals surface area contributed by atoms with Crippen molar-refractivity contribution in [2.24, 2.45) is 5.92 Å². The molecule has 0 saturated heterocycles. The van der Waals surface area contributed by atoms with Gasteiger partial charge in [-0.3, -0.25) is 4.79 Å². The topological polar surface area (TPSA) is 17.1 Å². The van der Waals surface area contributed by atoms with E-state index in [2.05, 4.69) is 0 Å². The number of carbonyl (C=O) groups is 1. The van der Waals surface area contributed by atoms with E-state index in [1.165, 1.54) is 13.8 Å². The lowest BCUT2D eigenvalue weighted by Crippen LogP contribution is -2.27. The molecule has 0 heterocycles. The molecule has 0 bridgehead atoms. The maximum absolute atomic E-state index is 12.1. The van der Waals surface area contributed by atoms with E-state index in [4.69, 9.17) is 0 Å². The van der Waals surface area contributed by atoms with Gasteiger partial charge in [0.25, 0.3) is 5.92 Å². The molecule has 0 N–H and O–H groups in total. The van der Waals surface area contributed by atoms with Crippen LogP contribution in [0.4, 0.5) is 8.78 Å². The molecule has 0 spiro atoms. The van der Waals surface area contributed by atoms with Gasteiger partial charge >= 0.3 is 0 Å². The highest BCUT2D eigenvalue weighted by Crippen LogP contribution is 2.23. The molecule has 1 atom stereocenters. The monoisotopic (exact) mass is 136 g/mol. The smallest absolute Gasteiger partial charge is 0.254 e. The molecule has 54 valence electrons. The van der Waals surface area contributed by atoms with Crippen molar-refractivity contribution in [3.05, 3.63) is 0 Å². The summed E-state index contributed by atoms with van der Waals surface area (Å²) in [5.74, 6) is -4.49. The van der Waals surface area contributed by atoms with Crippen molar-refractivity contribution in [2.75, 3.05) is 0 Å². The first-order chi connectivity index (χ1) is 3.85. The van der Waals surface area contributed by atoms with Gasteiger partial charge in [0, 0.05) is 6.92 Å². The van der Waals surface area contributed by atoms with Crippen LogP contribution in [0.25, 0.3) is 0 Å². The minimum absolute atomic E-state index is 0.470. The van der Waals surface area contributed by atoms with Crippen LogP contribution in [-0.4, -0.2) is 11.7 Å². The summed E-state index contributed by atoms with van der Waals surface area (Å²) >= 11 is 0. The Kier molecular flexibility index (Phi) is 2.29. The van der Waals surface area contributed by atoms with E-state index in [1.807, 2.05) is 0 Å². The van der Waals surface area contributed by atoms with Crippen LogP contribution < -0.4 is 0 Å². The third-order valence-electron chi connectivity index (χ3n) is 1.37. The van der Waals surface area contributed by atoms with Crippen LogP contribution in [0, 0.1) is 5.92 Å². The van der Waals surface area contributed by atoms with Crippen LogP contribution in [0.5, 0.6) is 0 Å². The Hall–Kier alpha value is -0.470. The van der Waals surface area contributed by atoms with Crippen LogP contribution in [0.3, 0.4) is 0 Å². The van der Waals surface area contributed by atoms with Crippen molar-refractivity contribution in [3.8, 4) is 0 Å². The van der Waals surface area contributed by atoms with Crippen molar-refractivity contribution >= 4 is 5.78 Å². The summed E-state index contributed by atoms with van der Waals surface area (Å²) in [6.07, 6.45) is 0. The zero-order valence-corrected chi connectivity index (χ0v) is 5.74. The molecule has 0 aliphatic rings. The van der Waals surface area contributed by atoms with E-state index in [9.17, 15) is 13.6 Å². The summed E-state index contributed by atoms with van der Waals surface area (Å²) in [7, 11) is 0. The second-order valence-electron chi connectivity index (χ2n) is 2.29. The highest BCUT2D eigenvalue weighted by molar-refractivity contribution is 5.78. The minimum Gasteiger partial charge on any atom is -0.299 e. The minimum atomic E-state index is -2.87. The first-order valence-corrected chi connectivity index (χ1v) is 2.74. The number of ketones is 1. The van der Waals surface area contributed by atoms with E-state index in [0.29, 0.717) is 0 Å². The molecule has 0 aliphatic heterocycles. The zero-order chi connectivity index (χ0) is 7.65. The van der Waals surface area contributed by atoms with Crippen LogP contribution in [0.2, 0.25) is 0 Å². The van der Waals surface area contributed by atoms with Gasteiger partial charge in [-0.2, -0.15) is 0 Å². The molecule has 9 heavy (non-hydrogen) atoms. The zero-order valence-electron chi connectivity index (χ0n) is 5.74. The lowest BCUT2D eigenvalue weighted by Gasteiger charge is -2.15. The maximum Gasteiger partial charge on any atom is 0.254 e. The second-order valence-corrected chi connectivity index (χ2v) is 2.29. The molecule has 3 heteroatoms. The molecule has 0 aliphatic carbocycles. The largest absolute Gasteiger partial charge is 0.299 e. The normalized spacial score (nSPS) is 15.2. The third-order valence-corrected chi connectivity index (χ3v) is 1.37. The molecule has 1 nitrogen and oxygen atoms in total. The number of alkyl halides is 2. The summed E-state index contributed by atoms with van der Waals surface area (Å²) < 4.78 is 24.3. The molecule has 0 saturated carbocycles. The van der Waals surface area contributed by atoms with Gasteiger partial charge in [-0.25, -0.2) is 8.78 Å². The van der Waals surface area contributed by atoms with E-state index < -0.39 is 17.6 Å². The molecule has 1 unspecified atom stereocenters. The van der Waals surface area contributed by atoms with E-state index >= 15 is 0 Å². The van der Waals surface area contributed by atoms with E-state index in [0.717, 1.165) is 6.92 Å². The average molecular weight is 136 g/mol. The Labute approximate surface area is 53.1 Å². The number of carbonyl (C=O) groups excluding carboxylic acids is 1. The summed E-state index contributed by atoms with van der Waals surface area (Å²) in [6.45, 7) is 3.14. The summed E-state index contributed by atoms with van der Waals surface area (Å²) in [4.78, 5) is 10.3. The van der Waals surface area contributed by atoms with Gasteiger partial charge in [0.2, 0.25) is 0 Å². The Balaban J connectivity index is 4.04. The molecule has 0 radical (unpaired) electrons. The van der Waals surface area contributed by atoms with Crippen LogP contribution in [0.15, 0.2) is 0 Å². The molecular weight excluding hydrogens is 126 g/mol. The second kappa shape index (κ2) is 2.42. The van der Waals surface area contributed by atoms with Gasteiger partial charge in [-0.1, -0.05) is 0 Å². The predicted octanol–water partition coefficient (Wildman–Crippen LogP) is 1.87. The predicted molar refractivity (Wildman–Crippen MR) is 30.5 cm³/mol. The molecule has 0 amide bonds. The van der Waals surface area contributed by atoms with Gasteiger partial charge in [0.15, 0.2) is 0 Å². The Morgan fingerprint density at radius 1 is 1.56 bits per heavy atom. The fourth-order valence-corrected chi connectivity index (χ4v) is 0.357. The van der Waals surface area contributed by atoms with Crippen molar-refractivity contribution < 1.29 is 13.6 Å². The maximum atomic E-state index is 12.1. The first kappa shape index (κ1) is 8.53. The van der Waals surface area contributed by atoms with Gasteiger partial charge < -0.3 is 0 Å². The number of Topliss-reactive ketones (excluding diaryl/α,β-unsaturated/α-hetero) is 1. The molecule has 0 aromatic heterocycles. The van der Waals surface area contributed by atoms with Gasteiger partial charge in [-0.05, 0) is 13.8 Å². The van der Waals surface area contributed by atoms with Crippen LogP contribution in [-0.2, 0) is 4.79 Å². The SMILES string of the molecule is CC(=O)C(C)C(C)(F)F. The lowest BCUT2D eigenvalue weighted by molar-refractivity contribution is -0.131. The van der Waals surface area contributed by atoms with Crippen molar-refractivity contribution in [3.63, 3.8) is 0 Å². The Bertz CT molecular complexity index is 115. The number of hydrogen-bond donors (Lipinski definition) is 0. The standard InChI is InChI=1S/C6H10F2O/c1-4(5(2)9)6(3,7)8/h4H,1-3H3. The number of halogens is 2. The Morgan fingerprint density at radius 2 is 1.89 bits per heavy atom. The summed E-state index contributed by atoms with van der Waals surface area (Å²) in [5.41, 5.74) is 0. The van der Waals surface area contributed by atoms with E-state index in [-0.39, 0.29) is 0 Å². The first-order valence-electron chi connectivity index (χ1n) is 2.74. The van der Waals surface area contributed by atoms with Crippen LogP contribution in [0.1, 0.15) is 20.8 Å². The van der Waals surface area contributed by atoms with Crippen molar-refractivity contribution in [2.45, 2.75) is 26.7 Å². The summed E-state index contributed by atoms with van der Waals surface area (Å²) in [5, 5.41) is 0. The van der Waals surface area contributed by atoms with Crippen LogP contribution >= 0.6 is 0 Å². The van der Waals surface area contributed by atoms with E-state index in [1.54, 1.807) is 0 Å². The fraction of sp³-hybridized carbons (Fsp3) is 0.833. The number of hydrogen-bond acceptors (Lipinski definition) is 1. The average Bonchev–Trinajstić information content (AvgIpc) is 1.62. The molecule has 0 fully saturated rings. The molecule has 0 rings (SSSR count). The highest BCUT2D eigenvalue weighted by atomic mass is 19.3. The Morgan fingerprint density at radius 3 is 1.89 bits per heavy atom. The third kappa shape index (κ3) is 2.54. The lowest BCUT2D eigenvalue weighted by atomic mass is 10.0.